The van der Waals surface area contributed by atoms with Gasteiger partial charge in [-0.05, 0) is 67.4 Å². The second-order valence-electron chi connectivity index (χ2n) is 8.12. The Balaban J connectivity index is 1.46. The average Bonchev–Trinajstić information content (AvgIpc) is 3.29. The number of methoxy groups -OCH3 is 1. The SMILES string of the molecule is COc1ccc(OCCN(CCc2cccc(OC(C)C(=O)O)c2)c2nc3cc(F)ccc3o2)cc1. The van der Waals surface area contributed by atoms with Gasteiger partial charge < -0.3 is 28.6 Å². The number of carboxylic acids is 1. The molecule has 1 N–H and O–H groups in total. The van der Waals surface area contributed by atoms with E-state index in [1.165, 1.54) is 19.1 Å². The van der Waals surface area contributed by atoms with Gasteiger partial charge in [-0.1, -0.05) is 12.1 Å². The van der Waals surface area contributed by atoms with Crippen LogP contribution in [0.15, 0.2) is 71.1 Å². The second-order valence-corrected chi connectivity index (χ2v) is 8.12. The van der Waals surface area contributed by atoms with Crippen LogP contribution in [0, 0.1) is 5.82 Å². The third-order valence-electron chi connectivity index (χ3n) is 5.53. The zero-order valence-electron chi connectivity index (χ0n) is 20.0. The van der Waals surface area contributed by atoms with Gasteiger partial charge in [-0.25, -0.2) is 9.18 Å². The third kappa shape index (κ3) is 6.44. The van der Waals surface area contributed by atoms with Crippen molar-refractivity contribution < 1.29 is 32.9 Å². The molecule has 0 amide bonds. The van der Waals surface area contributed by atoms with Gasteiger partial charge in [-0.15, -0.1) is 0 Å². The minimum atomic E-state index is -1.03. The Morgan fingerprint density at radius 1 is 1.06 bits per heavy atom. The van der Waals surface area contributed by atoms with Crippen molar-refractivity contribution in [1.29, 1.82) is 0 Å². The maximum Gasteiger partial charge on any atom is 0.344 e. The number of rotatable bonds is 12. The number of aromatic nitrogens is 1. The number of halogens is 1. The Hall–Kier alpha value is -4.27. The van der Waals surface area contributed by atoms with E-state index in [2.05, 4.69) is 4.98 Å². The van der Waals surface area contributed by atoms with Crippen molar-refractivity contribution in [3.63, 3.8) is 0 Å². The second kappa shape index (κ2) is 11.4. The predicted molar refractivity (Wildman–Crippen MR) is 133 cm³/mol. The largest absolute Gasteiger partial charge is 0.497 e. The molecule has 8 nitrogen and oxygen atoms in total. The molecular weight excluding hydrogens is 467 g/mol. The standard InChI is InChI=1S/C27H27FN2O6/c1-18(26(31)32)35-23-5-3-4-19(16-23)12-13-30(14-15-34-22-9-7-21(33-2)8-10-22)27-29-24-17-20(28)6-11-25(24)36-27/h3-11,16-18H,12-15H2,1-2H3,(H,31,32). The highest BCUT2D eigenvalue weighted by molar-refractivity contribution is 5.74. The lowest BCUT2D eigenvalue weighted by Gasteiger charge is -2.21. The zero-order valence-corrected chi connectivity index (χ0v) is 20.0. The summed E-state index contributed by atoms with van der Waals surface area (Å²) in [5.74, 6) is 0.508. The van der Waals surface area contributed by atoms with Crippen molar-refractivity contribution in [3.8, 4) is 17.2 Å². The highest BCUT2D eigenvalue weighted by Gasteiger charge is 2.16. The van der Waals surface area contributed by atoms with Gasteiger partial charge in [-0.3, -0.25) is 0 Å². The fraction of sp³-hybridized carbons (Fsp3) is 0.259. The van der Waals surface area contributed by atoms with E-state index in [9.17, 15) is 9.18 Å². The van der Waals surface area contributed by atoms with Crippen LogP contribution >= 0.6 is 0 Å². The molecule has 3 aromatic carbocycles. The van der Waals surface area contributed by atoms with Crippen LogP contribution in [-0.4, -0.2) is 49.0 Å². The van der Waals surface area contributed by atoms with Crippen molar-refractivity contribution in [2.45, 2.75) is 19.4 Å². The quantitative estimate of drug-likeness (QED) is 0.296. The fourth-order valence-corrected chi connectivity index (χ4v) is 3.57. The first-order chi connectivity index (χ1) is 17.4. The summed E-state index contributed by atoms with van der Waals surface area (Å²) in [5.41, 5.74) is 1.88. The molecular formula is C27H27FN2O6. The van der Waals surface area contributed by atoms with Crippen LogP contribution in [0.25, 0.3) is 11.1 Å². The summed E-state index contributed by atoms with van der Waals surface area (Å²) < 4.78 is 36.1. The van der Waals surface area contributed by atoms with E-state index >= 15 is 0 Å². The van der Waals surface area contributed by atoms with E-state index in [1.54, 1.807) is 19.2 Å². The molecule has 0 aliphatic carbocycles. The van der Waals surface area contributed by atoms with Gasteiger partial charge in [0.15, 0.2) is 11.7 Å². The van der Waals surface area contributed by atoms with Gasteiger partial charge in [0.05, 0.1) is 13.7 Å². The molecule has 0 saturated heterocycles. The van der Waals surface area contributed by atoms with Crippen molar-refractivity contribution in [1.82, 2.24) is 4.98 Å². The van der Waals surface area contributed by atoms with Gasteiger partial charge in [0.1, 0.15) is 35.2 Å². The third-order valence-corrected chi connectivity index (χ3v) is 5.53. The lowest BCUT2D eigenvalue weighted by Crippen LogP contribution is -2.30. The number of carbonyl (C=O) groups is 1. The fourth-order valence-electron chi connectivity index (χ4n) is 3.57. The highest BCUT2D eigenvalue weighted by Crippen LogP contribution is 2.24. The van der Waals surface area contributed by atoms with Crippen LogP contribution in [0.3, 0.4) is 0 Å². The van der Waals surface area contributed by atoms with E-state index in [4.69, 9.17) is 23.7 Å². The number of anilines is 1. The number of hydrogen-bond donors (Lipinski definition) is 1. The Bertz CT molecular complexity index is 1310. The van der Waals surface area contributed by atoms with E-state index in [0.717, 1.165) is 11.3 Å². The summed E-state index contributed by atoms with van der Waals surface area (Å²) in [7, 11) is 1.61. The molecule has 188 valence electrons. The summed E-state index contributed by atoms with van der Waals surface area (Å²) in [4.78, 5) is 17.5. The number of fused-ring (bicyclic) bond motifs is 1. The molecule has 4 aromatic rings. The molecule has 1 unspecified atom stereocenters. The molecule has 0 bridgehead atoms. The summed E-state index contributed by atoms with van der Waals surface area (Å²) in [5, 5.41) is 9.09. The number of ether oxygens (including phenoxy) is 3. The summed E-state index contributed by atoms with van der Waals surface area (Å²) in [6, 6.07) is 19.2. The smallest absolute Gasteiger partial charge is 0.344 e. The molecule has 4 rings (SSSR count). The van der Waals surface area contributed by atoms with E-state index in [-0.39, 0.29) is 5.82 Å². The molecule has 0 fully saturated rings. The molecule has 36 heavy (non-hydrogen) atoms. The molecule has 9 heteroatoms. The Labute approximate surface area is 207 Å². The Kier molecular flexibility index (Phi) is 7.89. The monoisotopic (exact) mass is 494 g/mol. The van der Waals surface area contributed by atoms with Gasteiger partial charge in [0.25, 0.3) is 6.01 Å². The van der Waals surface area contributed by atoms with Crippen molar-refractivity contribution in [3.05, 3.63) is 78.1 Å². The minimum absolute atomic E-state index is 0.360. The molecule has 0 aliphatic rings. The number of oxazole rings is 1. The number of carboxylic acid groups (broad SMARTS) is 1. The number of nitrogens with zero attached hydrogens (tertiary/aromatic N) is 2. The van der Waals surface area contributed by atoms with Crippen LogP contribution in [0.1, 0.15) is 12.5 Å². The molecule has 0 saturated carbocycles. The first kappa shape index (κ1) is 24.8. The Morgan fingerprint density at radius 2 is 1.83 bits per heavy atom. The normalized spacial score (nSPS) is 11.8. The number of benzene rings is 3. The van der Waals surface area contributed by atoms with Crippen molar-refractivity contribution in [2.75, 3.05) is 31.7 Å². The zero-order chi connectivity index (χ0) is 25.5. The van der Waals surface area contributed by atoms with Gasteiger partial charge in [0, 0.05) is 12.6 Å². The molecule has 0 aliphatic heterocycles. The van der Waals surface area contributed by atoms with Crippen LogP contribution in [0.5, 0.6) is 17.2 Å². The van der Waals surface area contributed by atoms with E-state index < -0.39 is 12.1 Å². The van der Waals surface area contributed by atoms with Crippen LogP contribution in [0.4, 0.5) is 10.4 Å². The summed E-state index contributed by atoms with van der Waals surface area (Å²) >= 11 is 0. The Morgan fingerprint density at radius 3 is 2.58 bits per heavy atom. The maximum atomic E-state index is 13.7. The first-order valence-electron chi connectivity index (χ1n) is 11.5. The minimum Gasteiger partial charge on any atom is -0.497 e. The summed E-state index contributed by atoms with van der Waals surface area (Å²) in [6.45, 7) is 2.83. The van der Waals surface area contributed by atoms with Crippen molar-refractivity contribution >= 4 is 23.1 Å². The predicted octanol–water partition coefficient (Wildman–Crippen LogP) is 4.96. The van der Waals surface area contributed by atoms with E-state index in [1.807, 2.05) is 47.4 Å². The molecule has 1 heterocycles. The number of hydrogen-bond acceptors (Lipinski definition) is 7. The van der Waals surface area contributed by atoms with Gasteiger partial charge >= 0.3 is 5.97 Å². The van der Waals surface area contributed by atoms with E-state index in [0.29, 0.717) is 54.7 Å². The lowest BCUT2D eigenvalue weighted by molar-refractivity contribution is -0.144. The molecule has 0 spiro atoms. The average molecular weight is 495 g/mol. The van der Waals surface area contributed by atoms with Crippen LogP contribution < -0.4 is 19.1 Å². The first-order valence-corrected chi connectivity index (χ1v) is 11.5. The lowest BCUT2D eigenvalue weighted by atomic mass is 10.1. The van der Waals surface area contributed by atoms with Crippen LogP contribution in [0.2, 0.25) is 0 Å². The molecule has 1 atom stereocenters. The van der Waals surface area contributed by atoms with Gasteiger partial charge in [0.2, 0.25) is 0 Å². The van der Waals surface area contributed by atoms with Crippen molar-refractivity contribution in [2.24, 2.45) is 0 Å². The van der Waals surface area contributed by atoms with Crippen LogP contribution in [-0.2, 0) is 11.2 Å². The molecule has 1 aromatic heterocycles. The molecule has 0 radical (unpaired) electrons. The summed E-state index contributed by atoms with van der Waals surface area (Å²) in [6.07, 6.45) is -0.346. The van der Waals surface area contributed by atoms with Gasteiger partial charge in [-0.2, -0.15) is 4.98 Å². The number of aliphatic carboxylic acids is 1. The highest BCUT2D eigenvalue weighted by atomic mass is 19.1. The topological polar surface area (TPSA) is 94.3 Å². The maximum absolute atomic E-state index is 13.7.